The Bertz CT molecular complexity index is 686. The van der Waals surface area contributed by atoms with Gasteiger partial charge in [0, 0.05) is 12.5 Å². The zero-order chi connectivity index (χ0) is 17.3. The molecule has 0 spiro atoms. The number of carbonyl (C=O) groups excluding carboxylic acids is 2. The SMILES string of the molecule is CCC(=O)C1=C(O)C(=O)N(C2CCCCC2)C1c1cccc(C)c1. The van der Waals surface area contributed by atoms with E-state index < -0.39 is 6.04 Å². The number of benzene rings is 1. The highest BCUT2D eigenvalue weighted by Gasteiger charge is 2.45. The molecule has 1 aromatic rings. The summed E-state index contributed by atoms with van der Waals surface area (Å²) in [6, 6.07) is 7.54. The van der Waals surface area contributed by atoms with Crippen LogP contribution in [0.4, 0.5) is 0 Å². The quantitative estimate of drug-likeness (QED) is 0.909. The number of carbonyl (C=O) groups is 2. The fourth-order valence-corrected chi connectivity index (χ4v) is 4.00. The maximum atomic E-state index is 12.8. The van der Waals surface area contributed by atoms with Crippen LogP contribution in [0.1, 0.15) is 62.6 Å². The van der Waals surface area contributed by atoms with Crippen LogP contribution in [0.3, 0.4) is 0 Å². The molecule has 0 bridgehead atoms. The summed E-state index contributed by atoms with van der Waals surface area (Å²) in [6.07, 6.45) is 5.53. The maximum Gasteiger partial charge on any atom is 0.290 e. The fraction of sp³-hybridized carbons (Fsp3) is 0.500. The standard InChI is InChI=1S/C20H25NO3/c1-3-16(22)17-18(14-9-7-8-13(2)12-14)21(20(24)19(17)23)15-10-5-4-6-11-15/h7-9,12,15,18,23H,3-6,10-11H2,1-2H3. The molecule has 1 fully saturated rings. The Morgan fingerprint density at radius 1 is 1.25 bits per heavy atom. The van der Waals surface area contributed by atoms with Gasteiger partial charge in [0.1, 0.15) is 0 Å². The van der Waals surface area contributed by atoms with Gasteiger partial charge >= 0.3 is 0 Å². The molecule has 1 N–H and O–H groups in total. The van der Waals surface area contributed by atoms with Crippen LogP contribution in [0.25, 0.3) is 0 Å². The van der Waals surface area contributed by atoms with Crippen LogP contribution < -0.4 is 0 Å². The van der Waals surface area contributed by atoms with E-state index in [-0.39, 0.29) is 35.5 Å². The minimum Gasteiger partial charge on any atom is -0.503 e. The van der Waals surface area contributed by atoms with Gasteiger partial charge in [-0.3, -0.25) is 9.59 Å². The molecule has 1 amide bonds. The summed E-state index contributed by atoms with van der Waals surface area (Å²) in [5, 5.41) is 10.4. The highest BCUT2D eigenvalue weighted by Crippen LogP contribution is 2.42. The minimum atomic E-state index is -0.451. The third kappa shape index (κ3) is 2.85. The van der Waals surface area contributed by atoms with Gasteiger partial charge in [0.25, 0.3) is 5.91 Å². The van der Waals surface area contributed by atoms with Crippen LogP contribution in [0.15, 0.2) is 35.6 Å². The van der Waals surface area contributed by atoms with E-state index in [0.717, 1.165) is 36.8 Å². The van der Waals surface area contributed by atoms with Gasteiger partial charge in [0.15, 0.2) is 11.5 Å². The molecule has 0 radical (unpaired) electrons. The topological polar surface area (TPSA) is 57.6 Å². The molecule has 1 saturated carbocycles. The molecular weight excluding hydrogens is 302 g/mol. The number of aryl methyl sites for hydroxylation is 1. The average molecular weight is 327 g/mol. The zero-order valence-corrected chi connectivity index (χ0v) is 14.4. The van der Waals surface area contributed by atoms with Crippen molar-refractivity contribution in [2.45, 2.75) is 64.5 Å². The molecule has 1 unspecified atom stereocenters. The summed E-state index contributed by atoms with van der Waals surface area (Å²) in [5.74, 6) is -0.880. The van der Waals surface area contributed by atoms with Gasteiger partial charge in [0.2, 0.25) is 0 Å². The van der Waals surface area contributed by atoms with Gasteiger partial charge in [-0.15, -0.1) is 0 Å². The Morgan fingerprint density at radius 3 is 2.58 bits per heavy atom. The van der Waals surface area contributed by atoms with Gasteiger partial charge in [-0.1, -0.05) is 56.0 Å². The number of rotatable bonds is 4. The predicted octanol–water partition coefficient (Wildman–Crippen LogP) is 4.00. The molecule has 1 atom stereocenters. The number of nitrogens with zero attached hydrogens (tertiary/aromatic N) is 1. The van der Waals surface area contributed by atoms with Crippen LogP contribution in [0.2, 0.25) is 0 Å². The van der Waals surface area contributed by atoms with Gasteiger partial charge in [0.05, 0.1) is 11.6 Å². The Hall–Kier alpha value is -2.10. The molecule has 4 nitrogen and oxygen atoms in total. The van der Waals surface area contributed by atoms with Crippen LogP contribution in [-0.2, 0) is 9.59 Å². The first-order valence-electron chi connectivity index (χ1n) is 8.90. The van der Waals surface area contributed by atoms with E-state index in [1.165, 1.54) is 6.42 Å². The van der Waals surface area contributed by atoms with E-state index in [9.17, 15) is 14.7 Å². The summed E-state index contributed by atoms with van der Waals surface area (Å²) < 4.78 is 0. The van der Waals surface area contributed by atoms with Crippen molar-refractivity contribution in [1.29, 1.82) is 0 Å². The lowest BCUT2D eigenvalue weighted by atomic mass is 9.90. The molecule has 1 heterocycles. The highest BCUT2D eigenvalue weighted by molar-refractivity contribution is 6.09. The molecular formula is C20H25NO3. The smallest absolute Gasteiger partial charge is 0.290 e. The van der Waals surface area contributed by atoms with Crippen molar-refractivity contribution in [1.82, 2.24) is 4.90 Å². The van der Waals surface area contributed by atoms with E-state index in [1.54, 1.807) is 11.8 Å². The van der Waals surface area contributed by atoms with E-state index in [0.29, 0.717) is 0 Å². The molecule has 1 aliphatic carbocycles. The van der Waals surface area contributed by atoms with Gasteiger partial charge in [-0.25, -0.2) is 0 Å². The second-order valence-electron chi connectivity index (χ2n) is 6.86. The Balaban J connectivity index is 2.07. The molecule has 4 heteroatoms. The van der Waals surface area contributed by atoms with Crippen molar-refractivity contribution in [3.63, 3.8) is 0 Å². The van der Waals surface area contributed by atoms with E-state index in [4.69, 9.17) is 0 Å². The summed E-state index contributed by atoms with van der Waals surface area (Å²) in [4.78, 5) is 27.0. The van der Waals surface area contributed by atoms with Crippen molar-refractivity contribution in [2.75, 3.05) is 0 Å². The van der Waals surface area contributed by atoms with Crippen molar-refractivity contribution in [2.24, 2.45) is 0 Å². The number of aliphatic hydroxyl groups excluding tert-OH is 1. The van der Waals surface area contributed by atoms with E-state index in [2.05, 4.69) is 0 Å². The first kappa shape index (κ1) is 16.7. The summed E-state index contributed by atoms with van der Waals surface area (Å²) in [5.41, 5.74) is 2.27. The molecule has 0 aromatic heterocycles. The molecule has 1 aromatic carbocycles. The summed E-state index contributed by atoms with van der Waals surface area (Å²) in [6.45, 7) is 3.76. The number of hydrogen-bond acceptors (Lipinski definition) is 3. The normalized spacial score (nSPS) is 22.3. The maximum absolute atomic E-state index is 12.8. The van der Waals surface area contributed by atoms with Crippen molar-refractivity contribution in [3.05, 3.63) is 46.7 Å². The van der Waals surface area contributed by atoms with Crippen molar-refractivity contribution >= 4 is 11.7 Å². The van der Waals surface area contributed by atoms with Gasteiger partial charge in [-0.2, -0.15) is 0 Å². The molecule has 3 rings (SSSR count). The predicted molar refractivity (Wildman–Crippen MR) is 92.6 cm³/mol. The summed E-state index contributed by atoms with van der Waals surface area (Å²) >= 11 is 0. The largest absolute Gasteiger partial charge is 0.503 e. The first-order valence-corrected chi connectivity index (χ1v) is 8.90. The number of aliphatic hydroxyl groups is 1. The average Bonchev–Trinajstić information content (AvgIpc) is 2.86. The van der Waals surface area contributed by atoms with E-state index in [1.807, 2.05) is 31.2 Å². The summed E-state index contributed by atoms with van der Waals surface area (Å²) in [7, 11) is 0. The minimum absolute atomic E-state index is 0.0982. The molecule has 2 aliphatic rings. The molecule has 24 heavy (non-hydrogen) atoms. The second-order valence-corrected chi connectivity index (χ2v) is 6.86. The Morgan fingerprint density at radius 2 is 1.96 bits per heavy atom. The van der Waals surface area contributed by atoms with E-state index >= 15 is 0 Å². The van der Waals surface area contributed by atoms with Crippen LogP contribution in [0.5, 0.6) is 0 Å². The molecule has 1 aliphatic heterocycles. The van der Waals surface area contributed by atoms with Crippen LogP contribution in [0, 0.1) is 6.92 Å². The number of Topliss-reactive ketones (excluding diaryl/α,β-unsaturated/α-hetero) is 1. The third-order valence-electron chi connectivity index (χ3n) is 5.19. The molecule has 0 saturated heterocycles. The number of amides is 1. The monoisotopic (exact) mass is 327 g/mol. The number of ketones is 1. The van der Waals surface area contributed by atoms with Gasteiger partial charge in [-0.05, 0) is 25.3 Å². The van der Waals surface area contributed by atoms with Crippen molar-refractivity contribution < 1.29 is 14.7 Å². The fourth-order valence-electron chi connectivity index (χ4n) is 4.00. The lowest BCUT2D eigenvalue weighted by Crippen LogP contribution is -2.41. The first-order chi connectivity index (χ1) is 11.5. The van der Waals surface area contributed by atoms with Crippen LogP contribution >= 0.6 is 0 Å². The molecule has 128 valence electrons. The number of hydrogen-bond donors (Lipinski definition) is 1. The Labute approximate surface area is 143 Å². The van der Waals surface area contributed by atoms with Crippen LogP contribution in [-0.4, -0.2) is 27.7 Å². The zero-order valence-electron chi connectivity index (χ0n) is 14.4. The Kier molecular flexibility index (Phi) is 4.74. The lowest BCUT2D eigenvalue weighted by Gasteiger charge is -2.36. The van der Waals surface area contributed by atoms with Gasteiger partial charge < -0.3 is 10.0 Å². The second kappa shape index (κ2) is 6.80. The highest BCUT2D eigenvalue weighted by atomic mass is 16.3. The lowest BCUT2D eigenvalue weighted by molar-refractivity contribution is -0.132. The third-order valence-corrected chi connectivity index (χ3v) is 5.19. The van der Waals surface area contributed by atoms with Crippen molar-refractivity contribution in [3.8, 4) is 0 Å².